The molecule has 0 aliphatic heterocycles. The molecule has 1 heterocycles. The maximum absolute atomic E-state index is 12.3. The molecule has 0 radical (unpaired) electrons. The molecule has 1 amide bonds. The van der Waals surface area contributed by atoms with Crippen molar-refractivity contribution in [1.82, 2.24) is 10.3 Å². The third-order valence-corrected chi connectivity index (χ3v) is 6.35. The lowest BCUT2D eigenvalue weighted by Gasteiger charge is -2.14. The predicted molar refractivity (Wildman–Crippen MR) is 130 cm³/mol. The number of anilines is 3. The van der Waals surface area contributed by atoms with Crippen LogP contribution in [0.3, 0.4) is 0 Å². The Kier molecular flexibility index (Phi) is 6.23. The summed E-state index contributed by atoms with van der Waals surface area (Å²) in [7, 11) is -3.49. The normalized spacial score (nSPS) is 11.4. The molecule has 32 heavy (non-hydrogen) atoms. The number of pyridine rings is 1. The van der Waals surface area contributed by atoms with Crippen molar-refractivity contribution in [3.05, 3.63) is 72.8 Å². The smallest absolute Gasteiger partial charge is 0.232 e. The highest BCUT2D eigenvalue weighted by Gasteiger charge is 2.12. The number of amides is 1. The molecule has 1 aromatic heterocycles. The molecule has 0 spiro atoms. The molecule has 4 aromatic rings. The lowest BCUT2D eigenvalue weighted by atomic mass is 10.1. The second-order valence-corrected chi connectivity index (χ2v) is 9.32. The van der Waals surface area contributed by atoms with Crippen LogP contribution in [0.15, 0.2) is 72.8 Å². The van der Waals surface area contributed by atoms with Gasteiger partial charge in [-0.05, 0) is 42.8 Å². The van der Waals surface area contributed by atoms with Crippen LogP contribution in [-0.2, 0) is 14.8 Å². The Bertz CT molecular complexity index is 1320. The third-order valence-electron chi connectivity index (χ3n) is 4.98. The van der Waals surface area contributed by atoms with Crippen molar-refractivity contribution in [3.63, 3.8) is 0 Å². The van der Waals surface area contributed by atoms with Crippen molar-refractivity contribution in [2.75, 3.05) is 22.3 Å². The summed E-state index contributed by atoms with van der Waals surface area (Å²) in [5.74, 6) is -0.240. The molecule has 0 saturated heterocycles. The van der Waals surface area contributed by atoms with Gasteiger partial charge in [0.25, 0.3) is 0 Å². The van der Waals surface area contributed by atoms with Gasteiger partial charge in [0.2, 0.25) is 15.9 Å². The van der Waals surface area contributed by atoms with Crippen LogP contribution in [0.1, 0.15) is 13.3 Å². The van der Waals surface area contributed by atoms with Crippen molar-refractivity contribution >= 4 is 54.8 Å². The minimum atomic E-state index is -3.49. The first-order valence-corrected chi connectivity index (χ1v) is 12.0. The van der Waals surface area contributed by atoms with Gasteiger partial charge in [-0.1, -0.05) is 36.4 Å². The molecule has 0 aliphatic carbocycles. The van der Waals surface area contributed by atoms with E-state index in [9.17, 15) is 13.2 Å². The number of para-hydroxylation sites is 2. The molecule has 3 N–H and O–H groups in total. The summed E-state index contributed by atoms with van der Waals surface area (Å²) in [5.41, 5.74) is 4.08. The average molecular weight is 449 g/mol. The number of aromatic nitrogens is 1. The van der Waals surface area contributed by atoms with E-state index >= 15 is 0 Å². The van der Waals surface area contributed by atoms with Crippen molar-refractivity contribution in [1.29, 1.82) is 0 Å². The van der Waals surface area contributed by atoms with Crippen molar-refractivity contribution in [3.8, 4) is 0 Å². The van der Waals surface area contributed by atoms with E-state index in [2.05, 4.69) is 15.4 Å². The van der Waals surface area contributed by atoms with Gasteiger partial charge >= 0.3 is 0 Å². The molecule has 4 rings (SSSR count). The van der Waals surface area contributed by atoms with Crippen molar-refractivity contribution < 1.29 is 13.2 Å². The molecule has 3 aromatic carbocycles. The number of nitrogens with zero attached hydrogens (tertiary/aromatic N) is 1. The number of benzene rings is 3. The average Bonchev–Trinajstić information content (AvgIpc) is 2.77. The molecule has 0 fully saturated rings. The predicted octanol–water partition coefficient (Wildman–Crippen LogP) is 4.40. The molecule has 0 atom stereocenters. The fourth-order valence-corrected chi connectivity index (χ4v) is 4.62. The summed E-state index contributed by atoms with van der Waals surface area (Å²) in [6.07, 6.45) is 0.344. The van der Waals surface area contributed by atoms with E-state index in [0.29, 0.717) is 18.7 Å². The van der Waals surface area contributed by atoms with Crippen LogP contribution in [0.2, 0.25) is 0 Å². The number of carbonyl (C=O) groups is 1. The van der Waals surface area contributed by atoms with Gasteiger partial charge < -0.3 is 10.6 Å². The number of hydrogen-bond donors (Lipinski definition) is 3. The number of hydrogen-bond acceptors (Lipinski definition) is 5. The van der Waals surface area contributed by atoms with Gasteiger partial charge in [0, 0.05) is 35.6 Å². The number of carbonyl (C=O) groups excluding carboxylic acids is 1. The van der Waals surface area contributed by atoms with Gasteiger partial charge in [-0.2, -0.15) is 0 Å². The standard InChI is InChI=1S/C24H24N4O3S/c1-17(29)25-15-6-16-32(30,31)28-19-13-11-18(12-14-19)26-24-20-7-2-4-9-22(20)27-23-10-5-3-8-21(23)24/h2-5,7-14,28H,6,15-16H2,1H3,(H,25,29)(H,26,27). The van der Waals surface area contributed by atoms with Crippen LogP contribution in [0.25, 0.3) is 21.8 Å². The Hall–Kier alpha value is -3.65. The summed E-state index contributed by atoms with van der Waals surface area (Å²) in [6, 6.07) is 23.0. The van der Waals surface area contributed by atoms with E-state index in [-0.39, 0.29) is 11.7 Å². The van der Waals surface area contributed by atoms with Crippen LogP contribution >= 0.6 is 0 Å². The first kappa shape index (κ1) is 21.6. The van der Waals surface area contributed by atoms with Gasteiger partial charge in [0.15, 0.2) is 0 Å². The molecule has 0 bridgehead atoms. The maximum Gasteiger partial charge on any atom is 0.232 e. The highest BCUT2D eigenvalue weighted by atomic mass is 32.2. The zero-order valence-electron chi connectivity index (χ0n) is 17.6. The summed E-state index contributed by atoms with van der Waals surface area (Å²) >= 11 is 0. The molecule has 0 aliphatic rings. The first-order chi connectivity index (χ1) is 15.4. The lowest BCUT2D eigenvalue weighted by molar-refractivity contribution is -0.118. The van der Waals surface area contributed by atoms with E-state index in [1.54, 1.807) is 12.1 Å². The zero-order chi connectivity index (χ0) is 22.6. The van der Waals surface area contributed by atoms with Gasteiger partial charge in [-0.15, -0.1) is 0 Å². The second-order valence-electron chi connectivity index (χ2n) is 7.48. The Labute approximate surface area is 186 Å². The Morgan fingerprint density at radius 2 is 1.41 bits per heavy atom. The summed E-state index contributed by atoms with van der Waals surface area (Å²) < 4.78 is 27.1. The van der Waals surface area contributed by atoms with Crippen LogP contribution in [0.5, 0.6) is 0 Å². The van der Waals surface area contributed by atoms with E-state index in [0.717, 1.165) is 33.2 Å². The van der Waals surface area contributed by atoms with Crippen LogP contribution in [0, 0.1) is 0 Å². The Balaban J connectivity index is 1.52. The number of sulfonamides is 1. The van der Waals surface area contributed by atoms with E-state index in [1.165, 1.54) is 6.92 Å². The van der Waals surface area contributed by atoms with Gasteiger partial charge in [-0.3, -0.25) is 9.52 Å². The Morgan fingerprint density at radius 3 is 2.00 bits per heavy atom. The lowest BCUT2D eigenvalue weighted by Crippen LogP contribution is -2.24. The summed E-state index contributed by atoms with van der Waals surface area (Å²) in [6.45, 7) is 1.73. The third kappa shape index (κ3) is 5.15. The van der Waals surface area contributed by atoms with Gasteiger partial charge in [-0.25, -0.2) is 13.4 Å². The topological polar surface area (TPSA) is 100 Å². The van der Waals surface area contributed by atoms with Gasteiger partial charge in [0.05, 0.1) is 22.5 Å². The SMILES string of the molecule is CC(=O)NCCCS(=O)(=O)Nc1ccc(Nc2c3ccccc3nc3ccccc23)cc1. The van der Waals surface area contributed by atoms with E-state index < -0.39 is 10.0 Å². The second kappa shape index (κ2) is 9.23. The Morgan fingerprint density at radius 1 is 0.844 bits per heavy atom. The summed E-state index contributed by atoms with van der Waals surface area (Å²) in [4.78, 5) is 15.6. The zero-order valence-corrected chi connectivity index (χ0v) is 18.4. The highest BCUT2D eigenvalue weighted by Crippen LogP contribution is 2.33. The molecule has 164 valence electrons. The highest BCUT2D eigenvalue weighted by molar-refractivity contribution is 7.92. The van der Waals surface area contributed by atoms with E-state index in [1.807, 2.05) is 60.7 Å². The molecule has 0 saturated carbocycles. The quantitative estimate of drug-likeness (QED) is 0.274. The van der Waals surface area contributed by atoms with Crippen molar-refractivity contribution in [2.45, 2.75) is 13.3 Å². The summed E-state index contributed by atoms with van der Waals surface area (Å²) in [5, 5.41) is 8.09. The van der Waals surface area contributed by atoms with E-state index in [4.69, 9.17) is 4.98 Å². The minimum absolute atomic E-state index is 0.0672. The fourth-order valence-electron chi connectivity index (χ4n) is 3.50. The van der Waals surface area contributed by atoms with Crippen molar-refractivity contribution in [2.24, 2.45) is 0 Å². The van der Waals surface area contributed by atoms with Crippen LogP contribution in [-0.4, -0.2) is 31.6 Å². The number of nitrogens with one attached hydrogen (secondary N) is 3. The first-order valence-electron chi connectivity index (χ1n) is 10.3. The minimum Gasteiger partial charge on any atom is -0.356 e. The molecule has 0 unspecified atom stereocenters. The molecular weight excluding hydrogens is 424 g/mol. The number of rotatable bonds is 8. The molecule has 8 heteroatoms. The maximum atomic E-state index is 12.3. The van der Waals surface area contributed by atoms with Crippen LogP contribution in [0.4, 0.5) is 17.1 Å². The monoisotopic (exact) mass is 448 g/mol. The fraction of sp³-hybridized carbons (Fsp3) is 0.167. The molecular formula is C24H24N4O3S. The largest absolute Gasteiger partial charge is 0.356 e. The van der Waals surface area contributed by atoms with Crippen LogP contribution < -0.4 is 15.4 Å². The number of fused-ring (bicyclic) bond motifs is 2. The van der Waals surface area contributed by atoms with Gasteiger partial charge in [0.1, 0.15) is 0 Å². The molecule has 7 nitrogen and oxygen atoms in total.